The van der Waals surface area contributed by atoms with Crippen molar-refractivity contribution in [3.63, 3.8) is 0 Å². The Bertz CT molecular complexity index is 656. The first kappa shape index (κ1) is 13.1. The van der Waals surface area contributed by atoms with Crippen LogP contribution in [-0.4, -0.2) is 21.1 Å². The summed E-state index contributed by atoms with van der Waals surface area (Å²) in [6, 6.07) is 2.65. The molecule has 0 bridgehead atoms. The van der Waals surface area contributed by atoms with Crippen molar-refractivity contribution in [1.29, 1.82) is 0 Å². The highest BCUT2D eigenvalue weighted by Gasteiger charge is 2.16. The molecule has 0 saturated heterocycles. The summed E-state index contributed by atoms with van der Waals surface area (Å²) in [6.07, 6.45) is 1.33. The molecule has 8 heteroatoms. The number of nitrogens with zero attached hydrogens (tertiary/aromatic N) is 1. The van der Waals surface area contributed by atoms with Crippen LogP contribution in [0.25, 0.3) is 0 Å². The van der Waals surface area contributed by atoms with E-state index in [2.05, 4.69) is 15.5 Å². The molecule has 4 N–H and O–H groups in total. The number of nitrogens with two attached hydrogens (primary N) is 1. The van der Waals surface area contributed by atoms with Gasteiger partial charge >= 0.3 is 0 Å². The lowest BCUT2D eigenvalue weighted by molar-refractivity contribution is 0.102. The lowest BCUT2D eigenvalue weighted by atomic mass is 10.2. The molecule has 98 valence electrons. The number of hydrogen-bond acceptors (Lipinski definition) is 3. The summed E-state index contributed by atoms with van der Waals surface area (Å²) in [6.45, 7) is 0. The molecular weight excluding hydrogens is 274 g/mol. The van der Waals surface area contributed by atoms with Crippen molar-refractivity contribution in [2.75, 3.05) is 5.32 Å². The predicted octanol–water partition coefficient (Wildman–Crippen LogP) is 1.57. The summed E-state index contributed by atoms with van der Waals surface area (Å²) in [5.74, 6) is -2.34. The number of aromatic amines is 1. The fraction of sp³-hybridized carbons (Fsp3) is 0. The van der Waals surface area contributed by atoms with E-state index in [0.717, 1.165) is 12.1 Å². The lowest BCUT2D eigenvalue weighted by Gasteiger charge is -2.05. The van der Waals surface area contributed by atoms with Gasteiger partial charge < -0.3 is 11.1 Å². The zero-order valence-electron chi connectivity index (χ0n) is 9.41. The van der Waals surface area contributed by atoms with Gasteiger partial charge in [-0.2, -0.15) is 5.10 Å². The second-order valence-electron chi connectivity index (χ2n) is 3.60. The van der Waals surface area contributed by atoms with Gasteiger partial charge in [-0.15, -0.1) is 0 Å². The molecule has 0 unspecified atom stereocenters. The van der Waals surface area contributed by atoms with Crippen molar-refractivity contribution in [3.8, 4) is 0 Å². The van der Waals surface area contributed by atoms with Crippen LogP contribution in [0.5, 0.6) is 0 Å². The van der Waals surface area contributed by atoms with Gasteiger partial charge in [-0.1, -0.05) is 12.2 Å². The van der Waals surface area contributed by atoms with Crippen molar-refractivity contribution >= 4 is 28.9 Å². The van der Waals surface area contributed by atoms with Crippen molar-refractivity contribution in [2.24, 2.45) is 5.73 Å². The second kappa shape index (κ2) is 5.11. The molecule has 0 radical (unpaired) electrons. The molecule has 0 spiro atoms. The maximum Gasteiger partial charge on any atom is 0.259 e. The second-order valence-corrected chi connectivity index (χ2v) is 4.04. The van der Waals surface area contributed by atoms with Crippen molar-refractivity contribution in [2.45, 2.75) is 0 Å². The van der Waals surface area contributed by atoms with Crippen LogP contribution in [0.2, 0.25) is 0 Å². The minimum atomic E-state index is -0.964. The molecule has 0 saturated carbocycles. The third-order valence-electron chi connectivity index (χ3n) is 2.32. The number of carbonyl (C=O) groups excluding carboxylic acids is 1. The number of anilines is 1. The minimum Gasteiger partial charge on any atom is -0.389 e. The zero-order chi connectivity index (χ0) is 14.0. The number of H-pyrrole nitrogens is 1. The molecule has 2 aromatic rings. The maximum atomic E-state index is 13.4. The first-order valence-electron chi connectivity index (χ1n) is 5.08. The van der Waals surface area contributed by atoms with E-state index in [1.807, 2.05) is 0 Å². The van der Waals surface area contributed by atoms with E-state index in [1.54, 1.807) is 0 Å². The monoisotopic (exact) mass is 282 g/mol. The molecule has 0 aliphatic carbocycles. The third kappa shape index (κ3) is 2.74. The Morgan fingerprint density at radius 1 is 1.37 bits per heavy atom. The molecule has 19 heavy (non-hydrogen) atoms. The number of carbonyl (C=O) groups is 1. The molecule has 5 nitrogen and oxygen atoms in total. The van der Waals surface area contributed by atoms with Crippen LogP contribution in [0.4, 0.5) is 14.6 Å². The smallest absolute Gasteiger partial charge is 0.259 e. The van der Waals surface area contributed by atoms with Gasteiger partial charge in [-0.3, -0.25) is 9.89 Å². The molecule has 0 aliphatic heterocycles. The minimum absolute atomic E-state index is 0.0311. The Morgan fingerprint density at radius 3 is 2.74 bits per heavy atom. The van der Waals surface area contributed by atoms with Gasteiger partial charge in [0.05, 0.1) is 17.3 Å². The van der Waals surface area contributed by atoms with Gasteiger partial charge in [-0.05, 0) is 12.1 Å². The van der Waals surface area contributed by atoms with Crippen molar-refractivity contribution in [3.05, 3.63) is 47.2 Å². The van der Waals surface area contributed by atoms with Crippen LogP contribution < -0.4 is 11.1 Å². The number of aromatic nitrogens is 2. The summed E-state index contributed by atoms with van der Waals surface area (Å²) in [7, 11) is 0. The van der Waals surface area contributed by atoms with E-state index in [4.69, 9.17) is 18.0 Å². The molecule has 0 aliphatic rings. The van der Waals surface area contributed by atoms with Crippen LogP contribution in [0.1, 0.15) is 15.9 Å². The van der Waals surface area contributed by atoms with E-state index >= 15 is 0 Å². The van der Waals surface area contributed by atoms with Crippen LogP contribution in [0.15, 0.2) is 24.4 Å². The summed E-state index contributed by atoms with van der Waals surface area (Å²) in [4.78, 5) is 11.8. The van der Waals surface area contributed by atoms with Gasteiger partial charge in [0.15, 0.2) is 0 Å². The Balaban J connectivity index is 2.26. The van der Waals surface area contributed by atoms with E-state index in [0.29, 0.717) is 11.6 Å². The Morgan fingerprint density at radius 2 is 2.11 bits per heavy atom. The van der Waals surface area contributed by atoms with Crippen LogP contribution in [-0.2, 0) is 0 Å². The summed E-state index contributed by atoms with van der Waals surface area (Å²) >= 11 is 4.76. The topological polar surface area (TPSA) is 83.8 Å². The first-order valence-corrected chi connectivity index (χ1v) is 5.49. The first-order chi connectivity index (χ1) is 8.99. The van der Waals surface area contributed by atoms with Gasteiger partial charge in [0, 0.05) is 6.07 Å². The molecule has 1 amide bonds. The average molecular weight is 282 g/mol. The van der Waals surface area contributed by atoms with Gasteiger partial charge in [0.2, 0.25) is 0 Å². The number of halogens is 2. The summed E-state index contributed by atoms with van der Waals surface area (Å²) < 4.78 is 26.1. The Hall–Kier alpha value is -2.35. The quantitative estimate of drug-likeness (QED) is 0.746. The normalized spacial score (nSPS) is 10.2. The Labute approximate surface area is 111 Å². The lowest BCUT2D eigenvalue weighted by Crippen LogP contribution is -2.18. The molecular formula is C11H8F2N4OS. The SMILES string of the molecule is NC(=S)c1cn[nH]c1NC(=O)c1ccc(F)cc1F. The number of nitrogens with one attached hydrogen (secondary N) is 2. The highest BCUT2D eigenvalue weighted by Crippen LogP contribution is 2.15. The molecule has 1 heterocycles. The number of benzene rings is 1. The zero-order valence-corrected chi connectivity index (χ0v) is 10.2. The highest BCUT2D eigenvalue weighted by atomic mass is 32.1. The largest absolute Gasteiger partial charge is 0.389 e. The van der Waals surface area contributed by atoms with E-state index in [1.165, 1.54) is 6.20 Å². The summed E-state index contributed by atoms with van der Waals surface area (Å²) in [5.41, 5.74) is 5.44. The molecule has 1 aromatic heterocycles. The predicted molar refractivity (Wildman–Crippen MR) is 68.8 cm³/mol. The highest BCUT2D eigenvalue weighted by molar-refractivity contribution is 7.80. The molecule has 1 aromatic carbocycles. The van der Waals surface area contributed by atoms with E-state index in [9.17, 15) is 13.6 Å². The van der Waals surface area contributed by atoms with Crippen LogP contribution in [0.3, 0.4) is 0 Å². The fourth-order valence-corrected chi connectivity index (χ4v) is 1.58. The number of rotatable bonds is 3. The third-order valence-corrected chi connectivity index (χ3v) is 2.54. The van der Waals surface area contributed by atoms with E-state index in [-0.39, 0.29) is 16.4 Å². The van der Waals surface area contributed by atoms with Crippen LogP contribution >= 0.6 is 12.2 Å². The van der Waals surface area contributed by atoms with Gasteiger partial charge in [-0.25, -0.2) is 8.78 Å². The standard InChI is InChI=1S/C11H8F2N4OS/c12-5-1-2-6(8(13)3-5)11(18)16-10-7(9(14)19)4-15-17-10/h1-4H,(H2,14,19)(H2,15,16,17,18). The molecule has 0 fully saturated rings. The van der Waals surface area contributed by atoms with Gasteiger partial charge in [0.25, 0.3) is 5.91 Å². The van der Waals surface area contributed by atoms with Crippen molar-refractivity contribution in [1.82, 2.24) is 10.2 Å². The molecule has 2 rings (SSSR count). The number of thiocarbonyl (C=S) groups is 1. The average Bonchev–Trinajstić information content (AvgIpc) is 2.76. The van der Waals surface area contributed by atoms with E-state index < -0.39 is 17.5 Å². The summed E-state index contributed by atoms with van der Waals surface area (Å²) in [5, 5.41) is 8.50. The number of amides is 1. The maximum absolute atomic E-state index is 13.4. The fourth-order valence-electron chi connectivity index (χ4n) is 1.42. The van der Waals surface area contributed by atoms with Crippen LogP contribution in [0, 0.1) is 11.6 Å². The Kier molecular flexibility index (Phi) is 3.52. The molecule has 0 atom stereocenters. The van der Waals surface area contributed by atoms with Crippen molar-refractivity contribution < 1.29 is 13.6 Å². The number of hydrogen-bond donors (Lipinski definition) is 3. The van der Waals surface area contributed by atoms with Gasteiger partial charge in [0.1, 0.15) is 22.4 Å².